The molecule has 0 saturated carbocycles. The third kappa shape index (κ3) is 6.73. The van der Waals surface area contributed by atoms with Crippen LogP contribution >= 0.6 is 24.0 Å². The van der Waals surface area contributed by atoms with Crippen molar-refractivity contribution < 1.29 is 4.79 Å². The van der Waals surface area contributed by atoms with Crippen molar-refractivity contribution in [1.82, 2.24) is 20.8 Å². The van der Waals surface area contributed by atoms with Gasteiger partial charge in [-0.15, -0.1) is 24.0 Å². The number of rotatable bonds is 8. The molecule has 1 amide bonds. The van der Waals surface area contributed by atoms with Crippen LogP contribution in [-0.2, 0) is 17.8 Å². The van der Waals surface area contributed by atoms with Crippen LogP contribution in [-0.4, -0.2) is 41.7 Å². The molecule has 8 heteroatoms. The summed E-state index contributed by atoms with van der Waals surface area (Å²) in [4.78, 5) is 18.4. The molecular weight excluding hydrogens is 479 g/mol. The minimum absolute atomic E-state index is 0. The number of benzene rings is 1. The molecule has 158 valence electrons. The van der Waals surface area contributed by atoms with Crippen molar-refractivity contribution in [1.29, 1.82) is 0 Å². The number of guanidine groups is 1. The van der Waals surface area contributed by atoms with Crippen molar-refractivity contribution in [3.05, 3.63) is 47.3 Å². The summed E-state index contributed by atoms with van der Waals surface area (Å²) in [5.41, 5.74) is 4.51. The second-order valence-corrected chi connectivity index (χ2v) is 7.06. The Bertz CT molecular complexity index is 802. The summed E-state index contributed by atoms with van der Waals surface area (Å²) in [6.07, 6.45) is 5.51. The lowest BCUT2D eigenvalue weighted by Gasteiger charge is -2.16. The van der Waals surface area contributed by atoms with Crippen LogP contribution in [0.2, 0.25) is 0 Å². The number of hydrogen-bond donors (Lipinski definition) is 3. The molecule has 1 aromatic carbocycles. The average Bonchev–Trinajstić information content (AvgIpc) is 3.31. The van der Waals surface area contributed by atoms with Crippen LogP contribution in [0.1, 0.15) is 43.0 Å². The second kappa shape index (κ2) is 11.8. The van der Waals surface area contributed by atoms with Gasteiger partial charge < -0.3 is 15.5 Å². The van der Waals surface area contributed by atoms with Crippen molar-refractivity contribution in [2.24, 2.45) is 4.99 Å². The Morgan fingerprint density at radius 2 is 2.07 bits per heavy atom. The van der Waals surface area contributed by atoms with Crippen LogP contribution in [0.15, 0.2) is 35.5 Å². The summed E-state index contributed by atoms with van der Waals surface area (Å²) in [5.74, 6) is 1.04. The first-order valence-corrected chi connectivity index (χ1v) is 10.1. The Hall–Kier alpha value is -2.10. The number of nitrogens with one attached hydrogen (secondary N) is 3. The Morgan fingerprint density at radius 3 is 2.69 bits per heavy atom. The number of aryl methyl sites for hydroxylation is 2. The number of carbonyl (C=O) groups is 1. The molecule has 7 nitrogen and oxygen atoms in total. The van der Waals surface area contributed by atoms with Crippen LogP contribution in [0.25, 0.3) is 0 Å². The van der Waals surface area contributed by atoms with Gasteiger partial charge in [0, 0.05) is 37.4 Å². The van der Waals surface area contributed by atoms with E-state index in [1.807, 2.05) is 30.2 Å². The van der Waals surface area contributed by atoms with Gasteiger partial charge >= 0.3 is 0 Å². The number of amides is 1. The molecule has 1 aromatic heterocycles. The molecule has 0 atom stereocenters. The zero-order valence-corrected chi connectivity index (χ0v) is 19.5. The number of hydrogen-bond acceptors (Lipinski definition) is 3. The second-order valence-electron chi connectivity index (χ2n) is 7.06. The molecule has 0 radical (unpaired) electrons. The summed E-state index contributed by atoms with van der Waals surface area (Å²) < 4.78 is 0. The van der Waals surface area contributed by atoms with E-state index in [1.165, 1.54) is 5.56 Å². The fourth-order valence-corrected chi connectivity index (χ4v) is 3.33. The molecule has 3 N–H and O–H groups in total. The van der Waals surface area contributed by atoms with Crippen molar-refractivity contribution in [3.63, 3.8) is 0 Å². The molecule has 0 bridgehead atoms. The van der Waals surface area contributed by atoms with E-state index in [0.717, 1.165) is 61.8 Å². The standard InChI is InChI=1S/C21H30N6O.HI/c1-3-22-21(23-12-4-6-18-15-25-26-16(18)2)24-14-17-8-10-19(11-9-17)27-13-5-7-20(27)28;/h8-11,15H,3-7,12-14H2,1-2H3,(H,25,26)(H2,22,23,24);1H. The number of nitrogens with zero attached hydrogens (tertiary/aromatic N) is 3. The Labute approximate surface area is 189 Å². The molecule has 1 saturated heterocycles. The van der Waals surface area contributed by atoms with Crippen LogP contribution < -0.4 is 15.5 Å². The number of aliphatic imine (C=N–C) groups is 1. The third-order valence-electron chi connectivity index (χ3n) is 4.94. The van der Waals surface area contributed by atoms with Crippen LogP contribution in [0.3, 0.4) is 0 Å². The molecule has 1 fully saturated rings. The van der Waals surface area contributed by atoms with Gasteiger partial charge in [0.15, 0.2) is 5.96 Å². The van der Waals surface area contributed by atoms with E-state index in [2.05, 4.69) is 44.9 Å². The lowest BCUT2D eigenvalue weighted by atomic mass is 10.1. The topological polar surface area (TPSA) is 85.4 Å². The van der Waals surface area contributed by atoms with E-state index < -0.39 is 0 Å². The normalized spacial score (nSPS) is 14.1. The quantitative estimate of drug-likeness (QED) is 0.221. The zero-order chi connectivity index (χ0) is 19.8. The number of carbonyl (C=O) groups excluding carboxylic acids is 1. The number of aromatic nitrogens is 2. The Kier molecular flexibility index (Phi) is 9.43. The highest BCUT2D eigenvalue weighted by molar-refractivity contribution is 14.0. The minimum atomic E-state index is 0. The van der Waals surface area contributed by atoms with Gasteiger partial charge in [0.1, 0.15) is 0 Å². The predicted octanol–water partition coefficient (Wildman–Crippen LogP) is 3.15. The highest BCUT2D eigenvalue weighted by atomic mass is 127. The largest absolute Gasteiger partial charge is 0.357 e. The van der Waals surface area contributed by atoms with E-state index in [0.29, 0.717) is 13.0 Å². The van der Waals surface area contributed by atoms with Crippen LogP contribution in [0, 0.1) is 6.92 Å². The Morgan fingerprint density at radius 1 is 1.28 bits per heavy atom. The Balaban J connectivity index is 0.00000300. The summed E-state index contributed by atoms with van der Waals surface area (Å²) in [7, 11) is 0. The number of anilines is 1. The fraction of sp³-hybridized carbons (Fsp3) is 0.476. The van der Waals surface area contributed by atoms with Crippen LogP contribution in [0.4, 0.5) is 5.69 Å². The van der Waals surface area contributed by atoms with E-state index in [4.69, 9.17) is 0 Å². The van der Waals surface area contributed by atoms with Crippen molar-refractivity contribution in [2.75, 3.05) is 24.5 Å². The molecule has 0 spiro atoms. The molecule has 1 aliphatic heterocycles. The SMILES string of the molecule is CCNC(=NCc1ccc(N2CCCC2=O)cc1)NCCCc1cn[nH]c1C.I. The lowest BCUT2D eigenvalue weighted by molar-refractivity contribution is -0.117. The highest BCUT2D eigenvalue weighted by Crippen LogP contribution is 2.21. The van der Waals surface area contributed by atoms with Gasteiger partial charge in [-0.3, -0.25) is 9.89 Å². The van der Waals surface area contributed by atoms with Crippen LogP contribution in [0.5, 0.6) is 0 Å². The van der Waals surface area contributed by atoms with Gasteiger partial charge in [0.25, 0.3) is 0 Å². The first-order chi connectivity index (χ1) is 13.7. The van der Waals surface area contributed by atoms with Crippen molar-refractivity contribution >= 4 is 41.5 Å². The summed E-state index contributed by atoms with van der Waals surface area (Å²) in [6.45, 7) is 7.21. The van der Waals surface area contributed by atoms with E-state index in [1.54, 1.807) is 0 Å². The molecule has 2 aromatic rings. The molecule has 0 unspecified atom stereocenters. The van der Waals surface area contributed by atoms with E-state index >= 15 is 0 Å². The summed E-state index contributed by atoms with van der Waals surface area (Å²) in [6, 6.07) is 8.13. The van der Waals surface area contributed by atoms with Gasteiger partial charge in [0.05, 0.1) is 12.7 Å². The molecule has 29 heavy (non-hydrogen) atoms. The minimum Gasteiger partial charge on any atom is -0.357 e. The monoisotopic (exact) mass is 510 g/mol. The number of aromatic amines is 1. The van der Waals surface area contributed by atoms with Crippen molar-refractivity contribution in [3.8, 4) is 0 Å². The third-order valence-corrected chi connectivity index (χ3v) is 4.94. The van der Waals surface area contributed by atoms with Gasteiger partial charge in [-0.25, -0.2) is 4.99 Å². The maximum Gasteiger partial charge on any atom is 0.227 e. The first kappa shape index (κ1) is 23.2. The summed E-state index contributed by atoms with van der Waals surface area (Å²) >= 11 is 0. The predicted molar refractivity (Wildman–Crippen MR) is 128 cm³/mol. The van der Waals surface area contributed by atoms with Crippen molar-refractivity contribution in [2.45, 2.75) is 46.1 Å². The number of H-pyrrole nitrogens is 1. The molecular formula is C21H31IN6O. The zero-order valence-electron chi connectivity index (χ0n) is 17.2. The van der Waals surface area contributed by atoms with Gasteiger partial charge in [-0.2, -0.15) is 5.10 Å². The lowest BCUT2D eigenvalue weighted by Crippen LogP contribution is -2.37. The maximum absolute atomic E-state index is 11.8. The fourth-order valence-electron chi connectivity index (χ4n) is 3.33. The van der Waals surface area contributed by atoms with Gasteiger partial charge in [-0.1, -0.05) is 12.1 Å². The number of halogens is 1. The van der Waals surface area contributed by atoms with Gasteiger partial charge in [0.2, 0.25) is 5.91 Å². The molecule has 1 aliphatic rings. The van der Waals surface area contributed by atoms with E-state index in [-0.39, 0.29) is 29.9 Å². The smallest absolute Gasteiger partial charge is 0.227 e. The van der Waals surface area contributed by atoms with Gasteiger partial charge in [-0.05, 0) is 56.4 Å². The first-order valence-electron chi connectivity index (χ1n) is 10.1. The van der Waals surface area contributed by atoms with E-state index in [9.17, 15) is 4.79 Å². The maximum atomic E-state index is 11.8. The average molecular weight is 510 g/mol. The molecule has 2 heterocycles. The molecule has 0 aliphatic carbocycles. The summed E-state index contributed by atoms with van der Waals surface area (Å²) in [5, 5.41) is 13.7. The molecule has 3 rings (SSSR count). The highest BCUT2D eigenvalue weighted by Gasteiger charge is 2.21.